The van der Waals surface area contributed by atoms with Crippen molar-refractivity contribution in [1.29, 1.82) is 0 Å². The number of ketones is 1. The molecule has 1 fully saturated rings. The summed E-state index contributed by atoms with van der Waals surface area (Å²) in [5, 5.41) is 0. The fourth-order valence-corrected chi connectivity index (χ4v) is 2.88. The molecule has 1 aliphatic carbocycles. The van der Waals surface area contributed by atoms with Crippen LogP contribution in [-0.2, 0) is 6.42 Å². The SMILES string of the molecule is Cc1ccc(CC(=O)c2ccc(C3CCC3)cc2)cc1C. The zero-order valence-electron chi connectivity index (χ0n) is 12.9. The summed E-state index contributed by atoms with van der Waals surface area (Å²) in [5.41, 5.74) is 5.85. The maximum Gasteiger partial charge on any atom is 0.167 e. The second-order valence-electron chi connectivity index (χ2n) is 6.27. The smallest absolute Gasteiger partial charge is 0.167 e. The van der Waals surface area contributed by atoms with Crippen molar-refractivity contribution in [2.45, 2.75) is 45.4 Å². The van der Waals surface area contributed by atoms with Crippen molar-refractivity contribution in [3.8, 4) is 0 Å². The molecule has 0 amide bonds. The molecule has 2 aromatic rings. The van der Waals surface area contributed by atoms with Crippen molar-refractivity contribution in [3.05, 3.63) is 70.3 Å². The van der Waals surface area contributed by atoms with Crippen LogP contribution in [0.1, 0.15) is 57.8 Å². The number of benzene rings is 2. The van der Waals surface area contributed by atoms with Gasteiger partial charge in [0.25, 0.3) is 0 Å². The molecule has 0 saturated heterocycles. The summed E-state index contributed by atoms with van der Waals surface area (Å²) in [6.45, 7) is 4.19. The molecule has 0 heterocycles. The lowest BCUT2D eigenvalue weighted by Gasteiger charge is -2.25. The van der Waals surface area contributed by atoms with Gasteiger partial charge < -0.3 is 0 Å². The minimum atomic E-state index is 0.207. The van der Waals surface area contributed by atoms with Crippen molar-refractivity contribution in [2.24, 2.45) is 0 Å². The van der Waals surface area contributed by atoms with Crippen LogP contribution in [0.5, 0.6) is 0 Å². The van der Waals surface area contributed by atoms with Crippen LogP contribution in [0.3, 0.4) is 0 Å². The second-order valence-corrected chi connectivity index (χ2v) is 6.27. The number of hydrogen-bond acceptors (Lipinski definition) is 1. The topological polar surface area (TPSA) is 17.1 Å². The molecular weight excluding hydrogens is 256 g/mol. The predicted molar refractivity (Wildman–Crippen MR) is 87.0 cm³/mol. The molecule has 21 heavy (non-hydrogen) atoms. The van der Waals surface area contributed by atoms with Crippen LogP contribution in [0, 0.1) is 13.8 Å². The molecule has 1 saturated carbocycles. The monoisotopic (exact) mass is 278 g/mol. The van der Waals surface area contributed by atoms with Crippen molar-refractivity contribution < 1.29 is 4.79 Å². The lowest BCUT2D eigenvalue weighted by Crippen LogP contribution is -2.09. The Morgan fingerprint density at radius 3 is 2.29 bits per heavy atom. The van der Waals surface area contributed by atoms with Gasteiger partial charge in [-0.05, 0) is 54.9 Å². The minimum absolute atomic E-state index is 0.207. The molecule has 0 radical (unpaired) electrons. The zero-order valence-corrected chi connectivity index (χ0v) is 12.9. The van der Waals surface area contributed by atoms with E-state index < -0.39 is 0 Å². The van der Waals surface area contributed by atoms with Crippen LogP contribution in [0.4, 0.5) is 0 Å². The molecule has 2 aromatic carbocycles. The molecule has 0 N–H and O–H groups in total. The molecule has 108 valence electrons. The molecular formula is C20H22O. The Hall–Kier alpha value is -1.89. The van der Waals surface area contributed by atoms with Crippen LogP contribution in [-0.4, -0.2) is 5.78 Å². The van der Waals surface area contributed by atoms with Crippen molar-refractivity contribution in [2.75, 3.05) is 0 Å². The first-order valence-corrected chi connectivity index (χ1v) is 7.83. The van der Waals surface area contributed by atoms with Crippen molar-refractivity contribution >= 4 is 5.78 Å². The molecule has 0 unspecified atom stereocenters. The minimum Gasteiger partial charge on any atom is -0.294 e. The van der Waals surface area contributed by atoms with E-state index in [9.17, 15) is 4.79 Å². The first-order chi connectivity index (χ1) is 10.1. The van der Waals surface area contributed by atoms with E-state index in [1.54, 1.807) is 0 Å². The maximum absolute atomic E-state index is 12.4. The maximum atomic E-state index is 12.4. The van der Waals surface area contributed by atoms with Gasteiger partial charge in [-0.1, -0.05) is 48.9 Å². The first-order valence-electron chi connectivity index (χ1n) is 7.83. The Bertz CT molecular complexity index is 648. The van der Waals surface area contributed by atoms with Crippen molar-refractivity contribution in [3.63, 3.8) is 0 Å². The van der Waals surface area contributed by atoms with Gasteiger partial charge in [0, 0.05) is 12.0 Å². The van der Waals surface area contributed by atoms with E-state index in [4.69, 9.17) is 0 Å². The fraction of sp³-hybridized carbons (Fsp3) is 0.350. The van der Waals surface area contributed by atoms with E-state index in [-0.39, 0.29) is 5.78 Å². The van der Waals surface area contributed by atoms with Gasteiger partial charge in [0.2, 0.25) is 0 Å². The molecule has 0 aliphatic heterocycles. The van der Waals surface area contributed by atoms with Gasteiger partial charge in [-0.25, -0.2) is 0 Å². The third kappa shape index (κ3) is 3.07. The van der Waals surface area contributed by atoms with Crippen LogP contribution in [0.2, 0.25) is 0 Å². The molecule has 3 rings (SSSR count). The van der Waals surface area contributed by atoms with Crippen LogP contribution >= 0.6 is 0 Å². The van der Waals surface area contributed by atoms with Gasteiger partial charge in [0.15, 0.2) is 5.78 Å². The molecule has 1 aliphatic rings. The Labute approximate surface area is 127 Å². The quantitative estimate of drug-likeness (QED) is 0.719. The standard InChI is InChI=1S/C20H22O/c1-14-6-7-16(12-15(14)2)13-20(21)19-10-8-18(9-11-19)17-4-3-5-17/h6-12,17H,3-5,13H2,1-2H3. The van der Waals surface area contributed by atoms with E-state index in [1.807, 2.05) is 12.1 Å². The largest absolute Gasteiger partial charge is 0.294 e. The first kappa shape index (κ1) is 14.1. The highest BCUT2D eigenvalue weighted by Gasteiger charge is 2.19. The van der Waals surface area contributed by atoms with E-state index in [0.29, 0.717) is 6.42 Å². The number of aryl methyl sites for hydroxylation is 2. The summed E-state index contributed by atoms with van der Waals surface area (Å²) >= 11 is 0. The second kappa shape index (κ2) is 5.85. The third-order valence-electron chi connectivity index (χ3n) is 4.75. The van der Waals surface area contributed by atoms with Gasteiger partial charge >= 0.3 is 0 Å². The van der Waals surface area contributed by atoms with E-state index in [0.717, 1.165) is 17.0 Å². The predicted octanol–water partition coefficient (Wildman–Crippen LogP) is 5.00. The van der Waals surface area contributed by atoms with Crippen LogP contribution in [0.25, 0.3) is 0 Å². The van der Waals surface area contributed by atoms with Crippen LogP contribution in [0.15, 0.2) is 42.5 Å². The molecule has 1 nitrogen and oxygen atoms in total. The van der Waals surface area contributed by atoms with Gasteiger partial charge in [-0.3, -0.25) is 4.79 Å². The van der Waals surface area contributed by atoms with Gasteiger partial charge in [0.1, 0.15) is 0 Å². The number of rotatable bonds is 4. The average Bonchev–Trinajstić information content (AvgIpc) is 2.42. The van der Waals surface area contributed by atoms with Gasteiger partial charge in [-0.15, -0.1) is 0 Å². The summed E-state index contributed by atoms with van der Waals surface area (Å²) in [5.74, 6) is 0.937. The Kier molecular flexibility index (Phi) is 3.92. The third-order valence-corrected chi connectivity index (χ3v) is 4.75. The Morgan fingerprint density at radius 2 is 1.71 bits per heavy atom. The highest BCUT2D eigenvalue weighted by Crippen LogP contribution is 2.36. The molecule has 0 aromatic heterocycles. The fourth-order valence-electron chi connectivity index (χ4n) is 2.88. The summed E-state index contributed by atoms with van der Waals surface area (Å²) in [6.07, 6.45) is 4.44. The summed E-state index contributed by atoms with van der Waals surface area (Å²) in [6, 6.07) is 14.5. The lowest BCUT2D eigenvalue weighted by molar-refractivity contribution is 0.0993. The summed E-state index contributed by atoms with van der Waals surface area (Å²) in [7, 11) is 0. The molecule has 0 bridgehead atoms. The molecule has 1 heteroatoms. The number of carbonyl (C=O) groups is 1. The number of hydrogen-bond donors (Lipinski definition) is 0. The highest BCUT2D eigenvalue weighted by atomic mass is 16.1. The average molecular weight is 278 g/mol. The lowest BCUT2D eigenvalue weighted by atomic mass is 9.80. The number of carbonyl (C=O) groups excluding carboxylic acids is 1. The summed E-state index contributed by atoms with van der Waals surface area (Å²) in [4.78, 5) is 12.4. The van der Waals surface area contributed by atoms with E-state index in [2.05, 4.69) is 44.2 Å². The molecule has 0 spiro atoms. The normalized spacial score (nSPS) is 14.8. The van der Waals surface area contributed by atoms with E-state index in [1.165, 1.54) is 36.0 Å². The Balaban J connectivity index is 1.70. The van der Waals surface area contributed by atoms with E-state index >= 15 is 0 Å². The number of Topliss-reactive ketones (excluding diaryl/α,β-unsaturated/α-hetero) is 1. The van der Waals surface area contributed by atoms with Crippen molar-refractivity contribution in [1.82, 2.24) is 0 Å². The molecule has 0 atom stereocenters. The van der Waals surface area contributed by atoms with Gasteiger partial charge in [-0.2, -0.15) is 0 Å². The highest BCUT2D eigenvalue weighted by molar-refractivity contribution is 5.97. The summed E-state index contributed by atoms with van der Waals surface area (Å²) < 4.78 is 0. The van der Waals surface area contributed by atoms with Gasteiger partial charge in [0.05, 0.1) is 0 Å². The Morgan fingerprint density at radius 1 is 1.00 bits per heavy atom. The van der Waals surface area contributed by atoms with Crippen LogP contribution < -0.4 is 0 Å². The zero-order chi connectivity index (χ0) is 14.8.